The van der Waals surface area contributed by atoms with Crippen LogP contribution in [0.3, 0.4) is 0 Å². The van der Waals surface area contributed by atoms with Crippen molar-refractivity contribution in [2.45, 2.75) is 18.1 Å². The van der Waals surface area contributed by atoms with Crippen molar-refractivity contribution in [1.29, 1.82) is 0 Å². The topological polar surface area (TPSA) is 72.7 Å². The molecule has 0 aliphatic heterocycles. The molecule has 0 aliphatic carbocycles. The first-order chi connectivity index (χ1) is 16.0. The molecular formula is C23H19BrFN5OS2. The maximum atomic E-state index is 13.1. The molecular weight excluding hydrogens is 525 g/mol. The fourth-order valence-electron chi connectivity index (χ4n) is 3.04. The van der Waals surface area contributed by atoms with Crippen LogP contribution in [0.2, 0.25) is 0 Å². The third kappa shape index (κ3) is 6.16. The summed E-state index contributed by atoms with van der Waals surface area (Å²) in [6.07, 6.45) is 4.13. The maximum Gasteiger partial charge on any atom is 0.236 e. The minimum Gasteiger partial charge on any atom is -0.301 e. The highest BCUT2D eigenvalue weighted by Crippen LogP contribution is 2.26. The Bertz CT molecular complexity index is 1250. The van der Waals surface area contributed by atoms with Crippen molar-refractivity contribution < 1.29 is 9.18 Å². The van der Waals surface area contributed by atoms with Gasteiger partial charge in [-0.05, 0) is 29.8 Å². The van der Waals surface area contributed by atoms with E-state index in [4.69, 9.17) is 0 Å². The van der Waals surface area contributed by atoms with E-state index >= 15 is 0 Å². The molecule has 168 valence electrons. The third-order valence-corrected chi connectivity index (χ3v) is 6.96. The van der Waals surface area contributed by atoms with Gasteiger partial charge in [0, 0.05) is 34.1 Å². The summed E-state index contributed by atoms with van der Waals surface area (Å²) in [5.74, 6) is 0.445. The molecule has 10 heteroatoms. The fourth-order valence-corrected chi connectivity index (χ4v) is 4.91. The summed E-state index contributed by atoms with van der Waals surface area (Å²) in [6.45, 7) is 4.34. The molecule has 0 atom stereocenters. The van der Waals surface area contributed by atoms with Gasteiger partial charge in [-0.3, -0.25) is 9.36 Å². The third-order valence-electron chi connectivity index (χ3n) is 4.55. The van der Waals surface area contributed by atoms with Gasteiger partial charge in [-0.2, -0.15) is 0 Å². The van der Waals surface area contributed by atoms with Gasteiger partial charge in [-0.1, -0.05) is 58.0 Å². The lowest BCUT2D eigenvalue weighted by Gasteiger charge is -2.08. The lowest BCUT2D eigenvalue weighted by Crippen LogP contribution is -2.14. The predicted octanol–water partition coefficient (Wildman–Crippen LogP) is 5.81. The van der Waals surface area contributed by atoms with Gasteiger partial charge in [0.15, 0.2) is 16.1 Å². The van der Waals surface area contributed by atoms with Crippen LogP contribution in [-0.2, 0) is 17.8 Å². The Morgan fingerprint density at radius 1 is 1.18 bits per heavy atom. The van der Waals surface area contributed by atoms with E-state index in [9.17, 15) is 9.18 Å². The van der Waals surface area contributed by atoms with Crippen molar-refractivity contribution >= 4 is 50.1 Å². The summed E-state index contributed by atoms with van der Waals surface area (Å²) in [5.41, 5.74) is 1.91. The fraction of sp³-hybridized carbons (Fsp3) is 0.130. The largest absolute Gasteiger partial charge is 0.301 e. The molecule has 0 unspecified atom stereocenters. The van der Waals surface area contributed by atoms with Crippen LogP contribution in [0.15, 0.2) is 77.0 Å². The van der Waals surface area contributed by atoms with E-state index in [1.807, 2.05) is 28.8 Å². The number of nitrogens with zero attached hydrogens (tertiary/aromatic N) is 4. The second-order valence-electron chi connectivity index (χ2n) is 6.98. The number of anilines is 1. The average Bonchev–Trinajstić information content (AvgIpc) is 3.41. The average molecular weight is 544 g/mol. The summed E-state index contributed by atoms with van der Waals surface area (Å²) in [4.78, 5) is 17.7. The number of amides is 1. The summed E-state index contributed by atoms with van der Waals surface area (Å²) >= 11 is 6.14. The Kier molecular flexibility index (Phi) is 7.69. The first-order valence-corrected chi connectivity index (χ1v) is 12.5. The lowest BCUT2D eigenvalue weighted by atomic mass is 10.1. The van der Waals surface area contributed by atoms with E-state index < -0.39 is 0 Å². The van der Waals surface area contributed by atoms with E-state index in [0.29, 0.717) is 23.3 Å². The number of aromatic nitrogens is 4. The normalized spacial score (nSPS) is 10.8. The monoisotopic (exact) mass is 543 g/mol. The van der Waals surface area contributed by atoms with Gasteiger partial charge in [0.25, 0.3) is 0 Å². The van der Waals surface area contributed by atoms with Crippen molar-refractivity contribution in [2.75, 3.05) is 11.1 Å². The van der Waals surface area contributed by atoms with Crippen LogP contribution in [0.4, 0.5) is 9.52 Å². The van der Waals surface area contributed by atoms with Crippen LogP contribution in [0, 0.1) is 5.82 Å². The Morgan fingerprint density at radius 3 is 2.67 bits per heavy atom. The second kappa shape index (κ2) is 10.9. The number of benzene rings is 2. The zero-order valence-corrected chi connectivity index (χ0v) is 20.6. The van der Waals surface area contributed by atoms with Crippen molar-refractivity contribution in [2.24, 2.45) is 0 Å². The van der Waals surface area contributed by atoms with Crippen LogP contribution < -0.4 is 5.32 Å². The molecule has 0 saturated carbocycles. The molecule has 0 saturated heterocycles. The highest BCUT2D eigenvalue weighted by molar-refractivity contribution is 9.10. The zero-order valence-electron chi connectivity index (χ0n) is 17.4. The number of thiazole rings is 1. The standard InChI is InChI=1S/C23H19BrFN5OS2/c1-2-11-30-21(16-5-7-17(24)8-6-16)28-29-23(30)32-14-20(31)27-22-26-13-19(33-22)12-15-3-9-18(25)10-4-15/h2-10,13H,1,11-12,14H2,(H,26,27,31). The SMILES string of the molecule is C=CCn1c(SCC(=O)Nc2ncc(Cc3ccc(F)cc3)s2)nnc1-c1ccc(Br)cc1. The number of thioether (sulfide) groups is 1. The van der Waals surface area contributed by atoms with Gasteiger partial charge < -0.3 is 5.32 Å². The van der Waals surface area contributed by atoms with E-state index in [0.717, 1.165) is 26.3 Å². The van der Waals surface area contributed by atoms with Crippen LogP contribution in [0.1, 0.15) is 10.4 Å². The predicted molar refractivity (Wildman–Crippen MR) is 134 cm³/mol. The summed E-state index contributed by atoms with van der Waals surface area (Å²) in [5, 5.41) is 12.6. The molecule has 0 bridgehead atoms. The quantitative estimate of drug-likeness (QED) is 0.213. The lowest BCUT2D eigenvalue weighted by molar-refractivity contribution is -0.113. The van der Waals surface area contributed by atoms with Gasteiger partial charge in [-0.25, -0.2) is 9.37 Å². The zero-order chi connectivity index (χ0) is 23.2. The minimum atomic E-state index is -0.263. The number of hydrogen-bond donors (Lipinski definition) is 1. The highest BCUT2D eigenvalue weighted by atomic mass is 79.9. The molecule has 2 aromatic heterocycles. The number of carbonyl (C=O) groups excluding carboxylic acids is 1. The van der Waals surface area contributed by atoms with E-state index in [1.165, 1.54) is 35.2 Å². The molecule has 2 aromatic carbocycles. The van der Waals surface area contributed by atoms with Crippen molar-refractivity contribution in [3.05, 3.63) is 88.1 Å². The minimum absolute atomic E-state index is 0.169. The smallest absolute Gasteiger partial charge is 0.236 e. The van der Waals surface area contributed by atoms with Crippen molar-refractivity contribution in [1.82, 2.24) is 19.7 Å². The van der Waals surface area contributed by atoms with Gasteiger partial charge >= 0.3 is 0 Å². The highest BCUT2D eigenvalue weighted by Gasteiger charge is 2.16. The Labute approximate surface area is 207 Å². The number of hydrogen-bond acceptors (Lipinski definition) is 6. The van der Waals surface area contributed by atoms with Crippen molar-refractivity contribution in [3.8, 4) is 11.4 Å². The molecule has 1 N–H and O–H groups in total. The van der Waals surface area contributed by atoms with E-state index in [1.54, 1.807) is 24.4 Å². The van der Waals surface area contributed by atoms with E-state index in [2.05, 4.69) is 43.0 Å². The second-order valence-corrected chi connectivity index (χ2v) is 9.96. The Morgan fingerprint density at radius 2 is 1.94 bits per heavy atom. The number of allylic oxidation sites excluding steroid dienone is 1. The molecule has 6 nitrogen and oxygen atoms in total. The van der Waals surface area contributed by atoms with E-state index in [-0.39, 0.29) is 17.5 Å². The molecule has 0 aliphatic rings. The molecule has 4 aromatic rings. The number of rotatable bonds is 9. The number of halogens is 2. The molecule has 33 heavy (non-hydrogen) atoms. The molecule has 1 amide bonds. The van der Waals surface area contributed by atoms with Crippen LogP contribution in [0.5, 0.6) is 0 Å². The van der Waals surface area contributed by atoms with Gasteiger partial charge in [0.05, 0.1) is 5.75 Å². The van der Waals surface area contributed by atoms with Crippen LogP contribution >= 0.6 is 39.0 Å². The maximum absolute atomic E-state index is 13.1. The number of nitrogens with one attached hydrogen (secondary N) is 1. The number of carbonyl (C=O) groups is 1. The first kappa shape index (κ1) is 23.3. The van der Waals surface area contributed by atoms with Gasteiger partial charge in [-0.15, -0.1) is 28.1 Å². The van der Waals surface area contributed by atoms with Gasteiger partial charge in [0.2, 0.25) is 5.91 Å². The van der Waals surface area contributed by atoms with Crippen LogP contribution in [-0.4, -0.2) is 31.4 Å². The van der Waals surface area contributed by atoms with Crippen LogP contribution in [0.25, 0.3) is 11.4 Å². The summed E-state index contributed by atoms with van der Waals surface area (Å²) in [6, 6.07) is 14.2. The Balaban J connectivity index is 1.37. The molecule has 2 heterocycles. The molecule has 4 rings (SSSR count). The summed E-state index contributed by atoms with van der Waals surface area (Å²) in [7, 11) is 0. The molecule has 0 spiro atoms. The molecule has 0 fully saturated rings. The van der Waals surface area contributed by atoms with Crippen molar-refractivity contribution in [3.63, 3.8) is 0 Å². The van der Waals surface area contributed by atoms with Gasteiger partial charge in [0.1, 0.15) is 5.82 Å². The summed E-state index contributed by atoms with van der Waals surface area (Å²) < 4.78 is 16.0. The Hall–Kier alpha value is -2.82. The first-order valence-electron chi connectivity index (χ1n) is 9.93. The molecule has 0 radical (unpaired) electrons.